The van der Waals surface area contributed by atoms with Gasteiger partial charge in [-0.25, -0.2) is 4.79 Å². The van der Waals surface area contributed by atoms with Crippen molar-refractivity contribution < 1.29 is 14.3 Å². The number of hydrogen-bond donors (Lipinski definition) is 0. The molecule has 0 N–H and O–H groups in total. The minimum absolute atomic E-state index is 0.0107. The highest BCUT2D eigenvalue weighted by Crippen LogP contribution is 2.46. The number of Topliss-reactive ketones (excluding diaryl/α,β-unsaturated/α-hetero) is 1. The normalized spacial score (nSPS) is 12.2. The summed E-state index contributed by atoms with van der Waals surface area (Å²) >= 11 is 0. The van der Waals surface area contributed by atoms with Crippen LogP contribution in [0.3, 0.4) is 0 Å². The van der Waals surface area contributed by atoms with E-state index in [9.17, 15) is 9.59 Å². The molecule has 0 saturated carbocycles. The van der Waals surface area contributed by atoms with Gasteiger partial charge in [0.1, 0.15) is 12.4 Å². The number of benzene rings is 2. The predicted molar refractivity (Wildman–Crippen MR) is 98.3 cm³/mol. The molecule has 0 spiro atoms. The summed E-state index contributed by atoms with van der Waals surface area (Å²) < 4.78 is 4.93. The molecular weight excluding hydrogens is 312 g/mol. The summed E-state index contributed by atoms with van der Waals surface area (Å²) in [6.45, 7) is 7.29. The van der Waals surface area contributed by atoms with Crippen molar-refractivity contribution in [2.24, 2.45) is 0 Å². The molecule has 0 saturated heterocycles. The monoisotopic (exact) mass is 332 g/mol. The Morgan fingerprint density at radius 3 is 2.12 bits per heavy atom. The van der Waals surface area contributed by atoms with Crippen molar-refractivity contribution >= 4 is 11.8 Å². The van der Waals surface area contributed by atoms with Crippen LogP contribution in [0, 0.1) is 0 Å². The third kappa shape index (κ3) is 3.45. The van der Waals surface area contributed by atoms with Crippen LogP contribution in [0.15, 0.2) is 73.3 Å². The molecule has 1 aliphatic carbocycles. The van der Waals surface area contributed by atoms with Crippen LogP contribution < -0.4 is 0 Å². The molecule has 0 aromatic heterocycles. The van der Waals surface area contributed by atoms with E-state index in [4.69, 9.17) is 4.74 Å². The average molecular weight is 332 g/mol. The zero-order valence-corrected chi connectivity index (χ0v) is 14.0. The second-order valence-electron chi connectivity index (χ2n) is 6.14. The fourth-order valence-corrected chi connectivity index (χ4v) is 3.33. The molecule has 0 bridgehead atoms. The van der Waals surface area contributed by atoms with Crippen molar-refractivity contribution in [2.75, 3.05) is 6.61 Å². The van der Waals surface area contributed by atoms with E-state index in [1.807, 2.05) is 24.3 Å². The summed E-state index contributed by atoms with van der Waals surface area (Å²) in [5.41, 5.74) is 4.88. The Morgan fingerprint density at radius 2 is 1.56 bits per heavy atom. The van der Waals surface area contributed by atoms with Gasteiger partial charge in [0.2, 0.25) is 0 Å². The van der Waals surface area contributed by atoms with E-state index in [1.54, 1.807) is 0 Å². The van der Waals surface area contributed by atoms with Gasteiger partial charge in [-0.1, -0.05) is 67.8 Å². The van der Waals surface area contributed by atoms with Gasteiger partial charge in [-0.3, -0.25) is 4.79 Å². The lowest BCUT2D eigenvalue weighted by Gasteiger charge is -2.13. The second kappa shape index (κ2) is 7.31. The predicted octanol–water partition coefficient (Wildman–Crippen LogP) is 4.43. The quantitative estimate of drug-likeness (QED) is 0.428. The van der Waals surface area contributed by atoms with Crippen LogP contribution in [-0.4, -0.2) is 18.4 Å². The van der Waals surface area contributed by atoms with Crippen LogP contribution in [0.5, 0.6) is 0 Å². The molecule has 3 heteroatoms. The highest BCUT2D eigenvalue weighted by Gasteiger charge is 2.29. The summed E-state index contributed by atoms with van der Waals surface area (Å²) in [6, 6.07) is 16.3. The smallest absolute Gasteiger partial charge is 0.334 e. The van der Waals surface area contributed by atoms with Gasteiger partial charge in [-0.15, -0.1) is 0 Å². The molecule has 3 rings (SSSR count). The van der Waals surface area contributed by atoms with Gasteiger partial charge in [0.05, 0.1) is 0 Å². The molecule has 0 aliphatic heterocycles. The molecule has 1 aliphatic rings. The van der Waals surface area contributed by atoms with Crippen molar-refractivity contribution in [1.29, 1.82) is 0 Å². The van der Waals surface area contributed by atoms with Crippen molar-refractivity contribution in [3.8, 4) is 11.1 Å². The molecule has 25 heavy (non-hydrogen) atoms. The first-order chi connectivity index (χ1) is 12.1. The number of rotatable bonds is 7. The highest BCUT2D eigenvalue weighted by molar-refractivity contribution is 5.96. The number of ether oxygens (including phenoxy) is 1. The van der Waals surface area contributed by atoms with Gasteiger partial charge in [-0.2, -0.15) is 0 Å². The first kappa shape index (κ1) is 16.9. The van der Waals surface area contributed by atoms with E-state index in [0.717, 1.165) is 11.1 Å². The summed E-state index contributed by atoms with van der Waals surface area (Å²) in [6.07, 6.45) is 1.85. The largest absolute Gasteiger partial charge is 0.458 e. The number of carbonyl (C=O) groups is 2. The Labute approximate surface area is 147 Å². The van der Waals surface area contributed by atoms with Crippen molar-refractivity contribution in [2.45, 2.75) is 18.8 Å². The van der Waals surface area contributed by atoms with Gasteiger partial charge in [0.25, 0.3) is 0 Å². The van der Waals surface area contributed by atoms with Crippen molar-refractivity contribution in [3.63, 3.8) is 0 Å². The first-order valence-electron chi connectivity index (χ1n) is 8.27. The van der Waals surface area contributed by atoms with Gasteiger partial charge >= 0.3 is 5.97 Å². The number of esters is 1. The zero-order valence-electron chi connectivity index (χ0n) is 14.0. The van der Waals surface area contributed by atoms with Crippen LogP contribution in [0.25, 0.3) is 11.1 Å². The minimum atomic E-state index is -0.541. The zero-order chi connectivity index (χ0) is 17.8. The number of carbonyl (C=O) groups excluding carboxylic acids is 2. The Bertz CT molecular complexity index is 802. The van der Waals surface area contributed by atoms with E-state index < -0.39 is 5.97 Å². The maximum atomic E-state index is 12.5. The van der Waals surface area contributed by atoms with Crippen LogP contribution in [-0.2, 0) is 14.3 Å². The fraction of sp³-hybridized carbons (Fsp3) is 0.182. The Morgan fingerprint density at radius 1 is 1.00 bits per heavy atom. The van der Waals surface area contributed by atoms with Gasteiger partial charge in [0.15, 0.2) is 0 Å². The lowest BCUT2D eigenvalue weighted by molar-refractivity contribution is -0.138. The molecular formula is C22H20O3. The van der Waals surface area contributed by atoms with Crippen LogP contribution in [0.2, 0.25) is 0 Å². The Kier molecular flexibility index (Phi) is 4.94. The molecule has 0 atom stereocenters. The SMILES string of the molecule is C=CCOC(=O)C(=C)CC(=O)CC1c2ccccc2-c2ccccc21. The Balaban J connectivity index is 1.75. The molecule has 0 fully saturated rings. The molecule has 0 heterocycles. The van der Waals surface area contributed by atoms with Gasteiger partial charge in [-0.05, 0) is 22.3 Å². The fourth-order valence-electron chi connectivity index (χ4n) is 3.33. The third-order valence-corrected chi connectivity index (χ3v) is 4.43. The summed E-state index contributed by atoms with van der Waals surface area (Å²) in [4.78, 5) is 24.3. The molecule has 0 unspecified atom stereocenters. The van der Waals surface area contributed by atoms with Crippen LogP contribution in [0.4, 0.5) is 0 Å². The molecule has 2 aromatic carbocycles. The third-order valence-electron chi connectivity index (χ3n) is 4.43. The van der Waals surface area contributed by atoms with E-state index >= 15 is 0 Å². The maximum absolute atomic E-state index is 12.5. The van der Waals surface area contributed by atoms with Crippen molar-refractivity contribution in [1.82, 2.24) is 0 Å². The standard InChI is InChI=1S/C22H20O3/c1-3-12-25-22(24)15(2)13-16(23)14-21-19-10-6-4-8-17(19)18-9-5-7-11-20(18)21/h3-11,21H,1-2,12-14H2. The maximum Gasteiger partial charge on any atom is 0.334 e. The summed E-state index contributed by atoms with van der Waals surface area (Å²) in [5.74, 6) is -0.533. The molecule has 3 nitrogen and oxygen atoms in total. The second-order valence-corrected chi connectivity index (χ2v) is 6.14. The lowest BCUT2D eigenvalue weighted by Crippen LogP contribution is -2.13. The molecule has 2 aromatic rings. The lowest BCUT2D eigenvalue weighted by atomic mass is 9.90. The van der Waals surface area contributed by atoms with E-state index in [1.165, 1.54) is 17.2 Å². The van der Waals surface area contributed by atoms with Crippen LogP contribution in [0.1, 0.15) is 29.9 Å². The van der Waals surface area contributed by atoms with Gasteiger partial charge < -0.3 is 4.74 Å². The van der Waals surface area contributed by atoms with E-state index in [2.05, 4.69) is 37.4 Å². The average Bonchev–Trinajstić information content (AvgIpc) is 2.94. The molecule has 0 amide bonds. The van der Waals surface area contributed by atoms with Gasteiger partial charge in [0, 0.05) is 24.3 Å². The Hall–Kier alpha value is -2.94. The topological polar surface area (TPSA) is 43.4 Å². The first-order valence-corrected chi connectivity index (χ1v) is 8.27. The number of ketones is 1. The van der Waals surface area contributed by atoms with E-state index in [0.29, 0.717) is 6.42 Å². The van der Waals surface area contributed by atoms with E-state index in [-0.39, 0.29) is 30.3 Å². The highest BCUT2D eigenvalue weighted by atomic mass is 16.5. The number of fused-ring (bicyclic) bond motifs is 3. The number of hydrogen-bond acceptors (Lipinski definition) is 3. The minimum Gasteiger partial charge on any atom is -0.458 e. The molecule has 0 radical (unpaired) electrons. The van der Waals surface area contributed by atoms with Crippen molar-refractivity contribution in [3.05, 3.63) is 84.5 Å². The molecule has 126 valence electrons. The summed E-state index contributed by atoms with van der Waals surface area (Å²) in [5, 5.41) is 0. The summed E-state index contributed by atoms with van der Waals surface area (Å²) in [7, 11) is 0. The van der Waals surface area contributed by atoms with Crippen LogP contribution >= 0.6 is 0 Å².